The van der Waals surface area contributed by atoms with Crippen molar-refractivity contribution < 1.29 is 19.1 Å². The summed E-state index contributed by atoms with van der Waals surface area (Å²) in [6.07, 6.45) is 1.88. The predicted molar refractivity (Wildman–Crippen MR) is 93.0 cm³/mol. The van der Waals surface area contributed by atoms with Crippen molar-refractivity contribution >= 4 is 11.9 Å². The van der Waals surface area contributed by atoms with Gasteiger partial charge in [0.15, 0.2) is 0 Å². The molecule has 3 unspecified atom stereocenters. The van der Waals surface area contributed by atoms with Gasteiger partial charge in [-0.25, -0.2) is 4.79 Å². The molecule has 0 saturated heterocycles. The van der Waals surface area contributed by atoms with Crippen molar-refractivity contribution in [3.63, 3.8) is 0 Å². The highest BCUT2D eigenvalue weighted by Crippen LogP contribution is 2.34. The average molecular weight is 328 g/mol. The number of rotatable bonds is 10. The number of carbonyl (C=O) groups is 2. The van der Waals surface area contributed by atoms with Crippen LogP contribution in [0.2, 0.25) is 0 Å². The lowest BCUT2D eigenvalue weighted by Gasteiger charge is -2.33. The molecule has 0 aromatic carbocycles. The number of hydrogen-bond acceptors (Lipinski definition) is 4. The summed E-state index contributed by atoms with van der Waals surface area (Å²) < 4.78 is 10.7. The molecule has 0 aliphatic heterocycles. The van der Waals surface area contributed by atoms with E-state index in [0.717, 1.165) is 19.3 Å². The number of carbonyl (C=O) groups excluding carboxylic acids is 2. The molecule has 0 rings (SSSR count). The lowest BCUT2D eigenvalue weighted by atomic mass is 9.76. The highest BCUT2D eigenvalue weighted by atomic mass is 16.6. The maximum Gasteiger partial charge on any atom is 0.347 e. The molecule has 4 nitrogen and oxygen atoms in total. The zero-order valence-electron chi connectivity index (χ0n) is 16.3. The van der Waals surface area contributed by atoms with Gasteiger partial charge in [-0.2, -0.15) is 0 Å². The highest BCUT2D eigenvalue weighted by molar-refractivity contribution is 5.82. The van der Waals surface area contributed by atoms with Gasteiger partial charge < -0.3 is 9.47 Å². The van der Waals surface area contributed by atoms with E-state index in [1.807, 2.05) is 20.8 Å². The molecular formula is C19H36O4. The van der Waals surface area contributed by atoms with Crippen LogP contribution in [0.5, 0.6) is 0 Å². The van der Waals surface area contributed by atoms with Crippen molar-refractivity contribution in [2.75, 3.05) is 6.61 Å². The van der Waals surface area contributed by atoms with E-state index in [-0.39, 0.29) is 17.8 Å². The van der Waals surface area contributed by atoms with E-state index in [1.54, 1.807) is 6.92 Å². The second-order valence-corrected chi connectivity index (χ2v) is 7.60. The molecule has 0 aromatic heterocycles. The van der Waals surface area contributed by atoms with E-state index < -0.39 is 17.5 Å². The minimum Gasteiger partial charge on any atom is -0.463 e. The standard InChI is InChI=1S/C19H36O4/c1-9-11-14(5)16(17(20)22-10-2)23-18(21)19(7,8)15(6)12-13(3)4/h13-16H,9-12H2,1-8H3. The third kappa shape index (κ3) is 6.92. The summed E-state index contributed by atoms with van der Waals surface area (Å²) in [7, 11) is 0. The molecule has 4 heteroatoms. The van der Waals surface area contributed by atoms with E-state index >= 15 is 0 Å². The molecule has 0 amide bonds. The molecule has 3 atom stereocenters. The van der Waals surface area contributed by atoms with Gasteiger partial charge in [0.25, 0.3) is 0 Å². The Morgan fingerprint density at radius 3 is 2.04 bits per heavy atom. The number of hydrogen-bond donors (Lipinski definition) is 0. The topological polar surface area (TPSA) is 52.6 Å². The molecule has 0 aromatic rings. The monoisotopic (exact) mass is 328 g/mol. The summed E-state index contributed by atoms with van der Waals surface area (Å²) in [5, 5.41) is 0. The normalized spacial score (nSPS) is 15.9. The molecule has 0 heterocycles. The SMILES string of the molecule is CCCC(C)C(OC(=O)C(C)(C)C(C)CC(C)C)C(=O)OCC. The molecule has 0 aliphatic carbocycles. The molecule has 0 aliphatic rings. The van der Waals surface area contributed by atoms with Crippen LogP contribution in [0.3, 0.4) is 0 Å². The lowest BCUT2D eigenvalue weighted by molar-refractivity contribution is -0.179. The summed E-state index contributed by atoms with van der Waals surface area (Å²) in [6, 6.07) is 0. The summed E-state index contributed by atoms with van der Waals surface area (Å²) in [5.41, 5.74) is -0.624. The van der Waals surface area contributed by atoms with Crippen LogP contribution < -0.4 is 0 Å². The van der Waals surface area contributed by atoms with Crippen molar-refractivity contribution in [2.24, 2.45) is 23.2 Å². The van der Waals surface area contributed by atoms with Crippen LogP contribution in [0.15, 0.2) is 0 Å². The molecular weight excluding hydrogens is 292 g/mol. The lowest BCUT2D eigenvalue weighted by Crippen LogP contribution is -2.41. The van der Waals surface area contributed by atoms with Crippen LogP contribution in [0, 0.1) is 23.2 Å². The summed E-state index contributed by atoms with van der Waals surface area (Å²) in [5.74, 6) is -0.101. The molecule has 136 valence electrons. The van der Waals surface area contributed by atoms with Gasteiger partial charge in [0.2, 0.25) is 6.10 Å². The van der Waals surface area contributed by atoms with Crippen molar-refractivity contribution in [1.82, 2.24) is 0 Å². The average Bonchev–Trinajstić information content (AvgIpc) is 2.43. The molecule has 23 heavy (non-hydrogen) atoms. The number of esters is 2. The fourth-order valence-electron chi connectivity index (χ4n) is 2.70. The van der Waals surface area contributed by atoms with Gasteiger partial charge in [0, 0.05) is 5.92 Å². The number of ether oxygens (including phenoxy) is 2. The zero-order chi connectivity index (χ0) is 18.2. The smallest absolute Gasteiger partial charge is 0.347 e. The largest absolute Gasteiger partial charge is 0.463 e. The summed E-state index contributed by atoms with van der Waals surface area (Å²) in [4.78, 5) is 24.9. The van der Waals surface area contributed by atoms with Crippen LogP contribution in [-0.4, -0.2) is 24.6 Å². The fourth-order valence-corrected chi connectivity index (χ4v) is 2.70. The van der Waals surface area contributed by atoms with Gasteiger partial charge in [0.05, 0.1) is 12.0 Å². The Balaban J connectivity index is 5.09. The van der Waals surface area contributed by atoms with Gasteiger partial charge in [0.1, 0.15) is 0 Å². The van der Waals surface area contributed by atoms with Crippen LogP contribution in [0.4, 0.5) is 0 Å². The summed E-state index contributed by atoms with van der Waals surface area (Å²) in [6.45, 7) is 16.2. The van der Waals surface area contributed by atoms with Crippen LogP contribution in [-0.2, 0) is 19.1 Å². The first kappa shape index (κ1) is 21.9. The Morgan fingerprint density at radius 1 is 1.04 bits per heavy atom. The van der Waals surface area contributed by atoms with E-state index in [2.05, 4.69) is 27.7 Å². The van der Waals surface area contributed by atoms with Gasteiger partial charge in [-0.05, 0) is 45.4 Å². The second kappa shape index (κ2) is 9.94. The minimum absolute atomic E-state index is 0.0424. The molecule has 0 radical (unpaired) electrons. The Hall–Kier alpha value is -1.06. The van der Waals surface area contributed by atoms with Crippen molar-refractivity contribution in [3.8, 4) is 0 Å². The molecule has 0 bridgehead atoms. The molecule has 0 N–H and O–H groups in total. The maximum atomic E-state index is 12.7. The quantitative estimate of drug-likeness (QED) is 0.550. The van der Waals surface area contributed by atoms with Gasteiger partial charge in [-0.1, -0.05) is 41.0 Å². The first-order chi connectivity index (χ1) is 10.6. The Kier molecular flexibility index (Phi) is 9.48. The first-order valence-corrected chi connectivity index (χ1v) is 8.95. The predicted octanol–water partition coefficient (Wildman–Crippen LogP) is 4.61. The van der Waals surface area contributed by atoms with Crippen LogP contribution >= 0.6 is 0 Å². The van der Waals surface area contributed by atoms with Crippen LogP contribution in [0.25, 0.3) is 0 Å². The second-order valence-electron chi connectivity index (χ2n) is 7.60. The highest BCUT2D eigenvalue weighted by Gasteiger charge is 2.39. The van der Waals surface area contributed by atoms with Gasteiger partial charge in [-0.15, -0.1) is 0 Å². The Bertz CT molecular complexity index is 374. The molecule has 0 fully saturated rings. The maximum absolute atomic E-state index is 12.7. The van der Waals surface area contributed by atoms with Crippen molar-refractivity contribution in [2.45, 2.75) is 80.8 Å². The van der Waals surface area contributed by atoms with E-state index in [0.29, 0.717) is 12.5 Å². The van der Waals surface area contributed by atoms with E-state index in [4.69, 9.17) is 9.47 Å². The molecule has 0 spiro atoms. The zero-order valence-corrected chi connectivity index (χ0v) is 16.3. The van der Waals surface area contributed by atoms with Crippen molar-refractivity contribution in [3.05, 3.63) is 0 Å². The molecule has 0 saturated carbocycles. The fraction of sp³-hybridized carbons (Fsp3) is 0.895. The van der Waals surface area contributed by atoms with Gasteiger partial charge in [-0.3, -0.25) is 4.79 Å². The first-order valence-electron chi connectivity index (χ1n) is 8.95. The third-order valence-electron chi connectivity index (χ3n) is 4.60. The minimum atomic E-state index is -0.812. The summed E-state index contributed by atoms with van der Waals surface area (Å²) >= 11 is 0. The Morgan fingerprint density at radius 2 is 1.61 bits per heavy atom. The van der Waals surface area contributed by atoms with E-state index in [9.17, 15) is 9.59 Å². The van der Waals surface area contributed by atoms with Crippen molar-refractivity contribution in [1.29, 1.82) is 0 Å². The third-order valence-corrected chi connectivity index (χ3v) is 4.60. The Labute approximate surface area is 142 Å². The van der Waals surface area contributed by atoms with E-state index in [1.165, 1.54) is 0 Å². The van der Waals surface area contributed by atoms with Gasteiger partial charge >= 0.3 is 11.9 Å². The van der Waals surface area contributed by atoms with Crippen LogP contribution in [0.1, 0.15) is 74.7 Å².